The molecule has 0 radical (unpaired) electrons. The van der Waals surface area contributed by atoms with Crippen LogP contribution in [0.2, 0.25) is 0 Å². The zero-order valence-electron chi connectivity index (χ0n) is 34.4. The monoisotopic (exact) mass is 894 g/mol. The van der Waals surface area contributed by atoms with Gasteiger partial charge in [0.15, 0.2) is 10.2 Å². The Kier molecular flexibility index (Phi) is 16.9. The molecule has 0 bridgehead atoms. The highest BCUT2D eigenvalue weighted by Crippen LogP contribution is 2.52. The summed E-state index contributed by atoms with van der Waals surface area (Å²) in [7, 11) is -3.68. The molecular weight excluding hydrogens is 840 g/mol. The number of hydrogen-bond donors (Lipinski definition) is 1. The van der Waals surface area contributed by atoms with Crippen LogP contribution in [0.1, 0.15) is 105 Å². The fourth-order valence-corrected chi connectivity index (χ4v) is 12.7. The quantitative estimate of drug-likeness (QED) is 0.0749. The molecule has 1 N–H and O–H groups in total. The minimum atomic E-state index is -3.68. The van der Waals surface area contributed by atoms with Gasteiger partial charge in [0.1, 0.15) is 12.1 Å². The SMILES string of the molecule is [C-]#[N+][C@@H]1CN(C(=O)[C@@H]2CC[C@@H]3CCCC[C@H](NC(=O)c4cc5cc(CP(=O)(OCCSC(=O)CCC)OCCSC(=O)CCC)ccc5s4)C(=O)N32)C[C@H]1c1ccccc1. The van der Waals surface area contributed by atoms with Crippen LogP contribution < -0.4 is 5.32 Å². The van der Waals surface area contributed by atoms with E-state index in [9.17, 15) is 28.5 Å². The van der Waals surface area contributed by atoms with Gasteiger partial charge in [0, 0.05) is 41.6 Å². The van der Waals surface area contributed by atoms with E-state index < -0.39 is 19.7 Å². The second kappa shape index (κ2) is 22.0. The smallest absolute Gasteiger partial charge is 0.335 e. The number of hydrogen-bond acceptors (Lipinski definition) is 11. The number of rotatable bonds is 18. The van der Waals surface area contributed by atoms with Crippen molar-refractivity contribution in [1.29, 1.82) is 0 Å². The molecule has 0 saturated carbocycles. The van der Waals surface area contributed by atoms with E-state index in [1.54, 1.807) is 15.9 Å². The van der Waals surface area contributed by atoms with Crippen LogP contribution in [0.25, 0.3) is 14.9 Å². The van der Waals surface area contributed by atoms with E-state index in [0.717, 1.165) is 77.7 Å². The lowest BCUT2D eigenvalue weighted by Crippen LogP contribution is -2.56. The molecule has 6 rings (SSSR count). The van der Waals surface area contributed by atoms with Gasteiger partial charge in [-0.1, -0.05) is 86.6 Å². The Bertz CT molecular complexity index is 2060. The number of benzene rings is 2. The van der Waals surface area contributed by atoms with Crippen LogP contribution in [0.4, 0.5) is 0 Å². The highest BCUT2D eigenvalue weighted by Gasteiger charge is 2.48. The second-order valence-corrected chi connectivity index (χ2v) is 21.1. The first-order valence-corrected chi connectivity index (χ1v) is 25.6. The third-order valence-electron chi connectivity index (χ3n) is 11.3. The molecule has 3 fully saturated rings. The third-order valence-corrected chi connectivity index (χ3v) is 16.1. The third kappa shape index (κ3) is 11.9. The molecule has 4 heterocycles. The first-order valence-electron chi connectivity index (χ1n) is 21.1. The van der Waals surface area contributed by atoms with Crippen molar-refractivity contribution in [2.45, 2.75) is 114 Å². The zero-order valence-corrected chi connectivity index (χ0v) is 37.7. The average molecular weight is 895 g/mol. The number of carbonyl (C=O) groups is 5. The molecule has 0 spiro atoms. The summed E-state index contributed by atoms with van der Waals surface area (Å²) < 4.78 is 26.5. The van der Waals surface area contributed by atoms with E-state index in [0.29, 0.717) is 60.7 Å². The molecule has 16 heteroatoms. The van der Waals surface area contributed by atoms with Crippen molar-refractivity contribution in [3.8, 4) is 0 Å². The second-order valence-electron chi connectivity index (χ2n) is 15.6. The van der Waals surface area contributed by atoms with Crippen LogP contribution >= 0.6 is 42.5 Å². The van der Waals surface area contributed by atoms with Gasteiger partial charge in [-0.2, -0.15) is 0 Å². The van der Waals surface area contributed by atoms with Gasteiger partial charge in [-0.25, -0.2) is 6.57 Å². The van der Waals surface area contributed by atoms with Crippen LogP contribution in [-0.2, 0) is 39.0 Å². The number of nitrogens with one attached hydrogen (secondary N) is 1. The molecule has 2 aromatic carbocycles. The molecule has 12 nitrogen and oxygen atoms in total. The number of carbonyl (C=O) groups excluding carboxylic acids is 5. The summed E-state index contributed by atoms with van der Waals surface area (Å²) in [5, 5.41) is 3.89. The highest BCUT2D eigenvalue weighted by atomic mass is 32.2. The van der Waals surface area contributed by atoms with E-state index in [2.05, 4.69) is 10.2 Å². The first-order chi connectivity index (χ1) is 29.0. The first kappa shape index (κ1) is 46.0. The molecule has 0 aliphatic carbocycles. The topological polar surface area (TPSA) is 144 Å². The van der Waals surface area contributed by atoms with Crippen molar-refractivity contribution >= 4 is 80.5 Å². The van der Waals surface area contributed by atoms with Crippen molar-refractivity contribution in [2.75, 3.05) is 37.8 Å². The summed E-state index contributed by atoms with van der Waals surface area (Å²) in [6.45, 7) is 12.6. The Hall–Kier alpha value is -3.51. The maximum Gasteiger partial charge on any atom is 0.335 e. The normalized spacial score (nSPS) is 21.9. The summed E-state index contributed by atoms with van der Waals surface area (Å²) in [4.78, 5) is 74.2. The molecule has 0 unspecified atom stereocenters. The van der Waals surface area contributed by atoms with Gasteiger partial charge in [0.25, 0.3) is 5.91 Å². The minimum Gasteiger partial charge on any atom is -0.340 e. The Morgan fingerprint density at radius 3 is 2.25 bits per heavy atom. The fourth-order valence-electron chi connectivity index (χ4n) is 8.34. The van der Waals surface area contributed by atoms with Crippen LogP contribution in [0.3, 0.4) is 0 Å². The van der Waals surface area contributed by atoms with Gasteiger partial charge in [-0.05, 0) is 73.2 Å². The van der Waals surface area contributed by atoms with Crippen molar-refractivity contribution in [3.05, 3.63) is 82.0 Å². The van der Waals surface area contributed by atoms with Gasteiger partial charge >= 0.3 is 7.60 Å². The maximum atomic E-state index is 14.4. The Labute approximate surface area is 365 Å². The van der Waals surface area contributed by atoms with Crippen LogP contribution in [0, 0.1) is 6.57 Å². The predicted octanol–water partition coefficient (Wildman–Crippen LogP) is 8.69. The Balaban J connectivity index is 1.11. The van der Waals surface area contributed by atoms with E-state index in [-0.39, 0.29) is 65.3 Å². The van der Waals surface area contributed by atoms with E-state index in [1.807, 2.05) is 62.4 Å². The minimum absolute atomic E-state index is 0.0300. The molecule has 3 amide bonds. The Morgan fingerprint density at radius 2 is 1.58 bits per heavy atom. The number of likely N-dealkylation sites (tertiary alicyclic amines) is 1. The van der Waals surface area contributed by atoms with E-state index in [4.69, 9.17) is 15.6 Å². The Morgan fingerprint density at radius 1 is 0.900 bits per heavy atom. The summed E-state index contributed by atoms with van der Waals surface area (Å²) in [6, 6.07) is 15.3. The number of nitrogens with zero attached hydrogens (tertiary/aromatic N) is 3. The van der Waals surface area contributed by atoms with Crippen molar-refractivity contribution in [1.82, 2.24) is 15.1 Å². The molecule has 1 aromatic heterocycles. The van der Waals surface area contributed by atoms with Crippen LogP contribution in [0.15, 0.2) is 54.6 Å². The van der Waals surface area contributed by atoms with Gasteiger partial charge in [-0.3, -0.25) is 28.5 Å². The summed E-state index contributed by atoms with van der Waals surface area (Å²) in [6.07, 6.45) is 6.61. The number of thioether (sulfide) groups is 2. The zero-order chi connectivity index (χ0) is 42.6. The fraction of sp³-hybridized carbons (Fsp3) is 0.545. The van der Waals surface area contributed by atoms with Gasteiger partial charge < -0.3 is 29.0 Å². The molecular formula is C44H55N4O8PS3. The number of amides is 3. The molecule has 3 aromatic rings. The lowest BCUT2D eigenvalue weighted by atomic mass is 9.95. The van der Waals surface area contributed by atoms with E-state index >= 15 is 0 Å². The van der Waals surface area contributed by atoms with Crippen molar-refractivity contribution < 1.29 is 37.6 Å². The average Bonchev–Trinajstić information content (AvgIpc) is 3.99. The largest absolute Gasteiger partial charge is 0.340 e. The van der Waals surface area contributed by atoms with Crippen LogP contribution in [0.5, 0.6) is 0 Å². The molecule has 3 aliphatic rings. The van der Waals surface area contributed by atoms with Crippen LogP contribution in [-0.4, -0.2) is 99.7 Å². The van der Waals surface area contributed by atoms with Crippen molar-refractivity contribution in [3.63, 3.8) is 0 Å². The van der Waals surface area contributed by atoms with Gasteiger partial charge in [0.05, 0.1) is 36.7 Å². The summed E-state index contributed by atoms with van der Waals surface area (Å²) in [5.41, 5.74) is 1.72. The lowest BCUT2D eigenvalue weighted by molar-refractivity contribution is -0.146. The number of fused-ring (bicyclic) bond motifs is 2. The highest BCUT2D eigenvalue weighted by molar-refractivity contribution is 8.13. The van der Waals surface area contributed by atoms with Crippen molar-refractivity contribution in [2.24, 2.45) is 0 Å². The maximum absolute atomic E-state index is 14.4. The summed E-state index contributed by atoms with van der Waals surface area (Å²) in [5.74, 6) is -0.125. The molecule has 5 atom stereocenters. The lowest BCUT2D eigenvalue weighted by Gasteiger charge is -2.36. The predicted molar refractivity (Wildman–Crippen MR) is 239 cm³/mol. The van der Waals surface area contributed by atoms with Gasteiger partial charge in [-0.15, -0.1) is 11.3 Å². The molecule has 3 aliphatic heterocycles. The molecule has 3 saturated heterocycles. The summed E-state index contributed by atoms with van der Waals surface area (Å²) >= 11 is 3.58. The standard InChI is InChI=1S/C44H55N4O8PS3/c1-4-11-40(49)58-23-21-55-57(54,56-22-24-59-41(50)12-5-2)29-30-17-20-38-32(25-30)26-39(60-38)42(51)46-35-16-10-9-15-33-18-19-37(48(33)43(35)52)44(53)47-27-34(36(28-47)45-3)31-13-7-6-8-14-31/h6-8,13-14,17,20,25-26,33-37H,4-5,9-12,15-16,18-19,21-24,27-29H2,1-2H3,(H,46,51)/t33-,34-,35-,36+,37-/m0/s1. The van der Waals surface area contributed by atoms with Gasteiger partial charge in [0.2, 0.25) is 17.9 Å². The van der Waals surface area contributed by atoms with E-state index in [1.165, 1.54) is 11.3 Å². The molecule has 322 valence electrons. The molecule has 60 heavy (non-hydrogen) atoms. The number of thiophene rings is 1.